The van der Waals surface area contributed by atoms with Crippen molar-refractivity contribution in [1.82, 2.24) is 14.5 Å². The molecule has 1 N–H and O–H groups in total. The fourth-order valence-corrected chi connectivity index (χ4v) is 3.36. The molecule has 1 aliphatic heterocycles. The van der Waals surface area contributed by atoms with Crippen molar-refractivity contribution in [1.29, 1.82) is 0 Å². The number of aliphatic hydroxyl groups excluding tert-OH is 1. The molecule has 0 spiro atoms. The summed E-state index contributed by atoms with van der Waals surface area (Å²) >= 11 is 0. The predicted octanol–water partition coefficient (Wildman–Crippen LogP) is 2.08. The van der Waals surface area contributed by atoms with E-state index in [4.69, 9.17) is 4.98 Å². The van der Waals surface area contributed by atoms with Gasteiger partial charge in [0.05, 0.1) is 29.2 Å². The summed E-state index contributed by atoms with van der Waals surface area (Å²) in [5, 5.41) is 9.24. The fourth-order valence-electron chi connectivity index (χ4n) is 3.36. The highest BCUT2D eigenvalue weighted by Crippen LogP contribution is 2.40. The third-order valence-electron chi connectivity index (χ3n) is 4.64. The molecule has 0 radical (unpaired) electrons. The number of carbonyl (C=O) groups excluding carboxylic acids is 1. The Bertz CT molecular complexity index is 933. The molecule has 3 aromatic rings. The zero-order valence-electron chi connectivity index (χ0n) is 13.6. The van der Waals surface area contributed by atoms with E-state index in [0.29, 0.717) is 6.54 Å². The summed E-state index contributed by atoms with van der Waals surface area (Å²) in [6.07, 6.45) is 1.75. The summed E-state index contributed by atoms with van der Waals surface area (Å²) in [6, 6.07) is 9.71. The topological polar surface area (TPSA) is 71.2 Å². The Morgan fingerprint density at radius 1 is 1.29 bits per heavy atom. The van der Waals surface area contributed by atoms with Gasteiger partial charge in [-0.1, -0.05) is 6.07 Å². The Kier molecular flexibility index (Phi) is 3.35. The van der Waals surface area contributed by atoms with Crippen LogP contribution in [0.3, 0.4) is 0 Å². The molecule has 6 nitrogen and oxygen atoms in total. The first kappa shape index (κ1) is 14.8. The minimum atomic E-state index is -0.204. The number of pyridine rings is 1. The summed E-state index contributed by atoms with van der Waals surface area (Å²) < 4.78 is 2.00. The average Bonchev–Trinajstić information content (AvgIpc) is 3.05. The van der Waals surface area contributed by atoms with Crippen LogP contribution in [-0.2, 0) is 11.8 Å². The fraction of sp³-hybridized carbons (Fsp3) is 0.278. The lowest BCUT2D eigenvalue weighted by Crippen LogP contribution is -2.30. The first-order valence-electron chi connectivity index (χ1n) is 7.96. The average molecular weight is 322 g/mol. The van der Waals surface area contributed by atoms with Crippen LogP contribution in [0.2, 0.25) is 0 Å². The van der Waals surface area contributed by atoms with E-state index in [9.17, 15) is 9.90 Å². The Balaban J connectivity index is 1.91. The quantitative estimate of drug-likeness (QED) is 0.801. The molecule has 2 aromatic heterocycles. The lowest BCUT2D eigenvalue weighted by atomic mass is 10.0. The van der Waals surface area contributed by atoms with Crippen molar-refractivity contribution in [3.05, 3.63) is 42.1 Å². The molecule has 0 saturated heterocycles. The molecule has 1 aromatic carbocycles. The van der Waals surface area contributed by atoms with E-state index in [1.807, 2.05) is 48.9 Å². The molecule has 1 amide bonds. The maximum atomic E-state index is 12.4. The monoisotopic (exact) mass is 322 g/mol. The standard InChI is InChI=1S/C18H18N4O2/c1-11-12-9-16-14(10-15(12)22(7-8-23)18(11)24)20-17(21(16)2)13-5-3-4-6-19-13/h3-6,9-11,23H,7-8H2,1-2H3. The molecule has 0 saturated carbocycles. The van der Waals surface area contributed by atoms with E-state index in [-0.39, 0.29) is 18.4 Å². The Morgan fingerprint density at radius 3 is 2.83 bits per heavy atom. The molecule has 3 heterocycles. The first-order valence-corrected chi connectivity index (χ1v) is 7.96. The molecule has 122 valence electrons. The van der Waals surface area contributed by atoms with Crippen molar-refractivity contribution in [2.24, 2.45) is 7.05 Å². The second-order valence-corrected chi connectivity index (χ2v) is 6.04. The SMILES string of the molecule is CC1C(=O)N(CCO)c2cc3nc(-c4ccccn4)n(C)c3cc21. The number of aryl methyl sites for hydroxylation is 1. The van der Waals surface area contributed by atoms with Gasteiger partial charge in [0.15, 0.2) is 5.82 Å². The minimum Gasteiger partial charge on any atom is -0.395 e. The van der Waals surface area contributed by atoms with E-state index in [2.05, 4.69) is 4.98 Å². The van der Waals surface area contributed by atoms with Crippen LogP contribution in [0.15, 0.2) is 36.5 Å². The van der Waals surface area contributed by atoms with Gasteiger partial charge in [0, 0.05) is 19.8 Å². The van der Waals surface area contributed by atoms with Crippen LogP contribution >= 0.6 is 0 Å². The highest BCUT2D eigenvalue weighted by atomic mass is 16.3. The first-order chi connectivity index (χ1) is 11.6. The molecule has 0 bridgehead atoms. The van der Waals surface area contributed by atoms with Gasteiger partial charge in [-0.3, -0.25) is 9.78 Å². The van der Waals surface area contributed by atoms with Gasteiger partial charge in [0.25, 0.3) is 0 Å². The molecule has 0 fully saturated rings. The summed E-state index contributed by atoms with van der Waals surface area (Å²) in [6.45, 7) is 2.15. The zero-order chi connectivity index (χ0) is 16.8. The lowest BCUT2D eigenvalue weighted by molar-refractivity contribution is -0.119. The number of hydrogen-bond acceptors (Lipinski definition) is 4. The highest BCUT2D eigenvalue weighted by Gasteiger charge is 2.34. The van der Waals surface area contributed by atoms with Crippen molar-refractivity contribution in [3.8, 4) is 11.5 Å². The van der Waals surface area contributed by atoms with E-state index in [1.165, 1.54) is 0 Å². The highest BCUT2D eigenvalue weighted by molar-refractivity contribution is 6.07. The maximum absolute atomic E-state index is 12.4. The van der Waals surface area contributed by atoms with Gasteiger partial charge < -0.3 is 14.6 Å². The number of fused-ring (bicyclic) bond motifs is 2. The second kappa shape index (κ2) is 5.42. The number of aromatic nitrogens is 3. The van der Waals surface area contributed by atoms with Gasteiger partial charge in [0.2, 0.25) is 5.91 Å². The molecule has 1 unspecified atom stereocenters. The van der Waals surface area contributed by atoms with Crippen LogP contribution in [0, 0.1) is 0 Å². The summed E-state index contributed by atoms with van der Waals surface area (Å²) in [5.74, 6) is 0.616. The minimum absolute atomic E-state index is 0.0271. The second-order valence-electron chi connectivity index (χ2n) is 6.04. The number of carbonyl (C=O) groups is 1. The Labute approximate surface area is 139 Å². The molecule has 1 aliphatic rings. The number of benzene rings is 1. The van der Waals surface area contributed by atoms with Crippen LogP contribution in [0.25, 0.3) is 22.6 Å². The number of amides is 1. The number of anilines is 1. The van der Waals surface area contributed by atoms with Crippen molar-refractivity contribution in [2.45, 2.75) is 12.8 Å². The maximum Gasteiger partial charge on any atom is 0.234 e. The number of rotatable bonds is 3. The van der Waals surface area contributed by atoms with Gasteiger partial charge in [-0.25, -0.2) is 4.98 Å². The molecule has 24 heavy (non-hydrogen) atoms. The third kappa shape index (κ3) is 2.03. The Hall–Kier alpha value is -2.73. The smallest absolute Gasteiger partial charge is 0.234 e. The summed E-state index contributed by atoms with van der Waals surface area (Å²) in [5.41, 5.74) is 4.44. The van der Waals surface area contributed by atoms with Crippen LogP contribution in [0.1, 0.15) is 18.4 Å². The van der Waals surface area contributed by atoms with Crippen LogP contribution in [0.5, 0.6) is 0 Å². The van der Waals surface area contributed by atoms with Crippen LogP contribution in [-0.4, -0.2) is 38.7 Å². The third-order valence-corrected chi connectivity index (χ3v) is 4.64. The number of hydrogen-bond donors (Lipinski definition) is 1. The van der Waals surface area contributed by atoms with Crippen molar-refractivity contribution < 1.29 is 9.90 Å². The molecule has 1 atom stereocenters. The molecular formula is C18H18N4O2. The normalized spacial score (nSPS) is 16.9. The van der Waals surface area contributed by atoms with Crippen LogP contribution < -0.4 is 4.90 Å². The predicted molar refractivity (Wildman–Crippen MR) is 91.8 cm³/mol. The van der Waals surface area contributed by atoms with Crippen molar-refractivity contribution in [3.63, 3.8) is 0 Å². The molecule has 6 heteroatoms. The van der Waals surface area contributed by atoms with E-state index >= 15 is 0 Å². The number of nitrogens with zero attached hydrogens (tertiary/aromatic N) is 4. The number of imidazole rings is 1. The zero-order valence-corrected chi connectivity index (χ0v) is 13.6. The Morgan fingerprint density at radius 2 is 2.12 bits per heavy atom. The van der Waals surface area contributed by atoms with Gasteiger partial charge in [-0.05, 0) is 36.8 Å². The summed E-state index contributed by atoms with van der Waals surface area (Å²) in [4.78, 5) is 23.1. The number of aliphatic hydroxyl groups is 1. The molecular weight excluding hydrogens is 304 g/mol. The van der Waals surface area contributed by atoms with Crippen molar-refractivity contribution in [2.75, 3.05) is 18.1 Å². The van der Waals surface area contributed by atoms with E-state index in [1.54, 1.807) is 11.1 Å². The lowest BCUT2D eigenvalue weighted by Gasteiger charge is -2.15. The molecule has 4 rings (SSSR count). The van der Waals surface area contributed by atoms with Crippen molar-refractivity contribution >= 4 is 22.6 Å². The van der Waals surface area contributed by atoms with Gasteiger partial charge in [0.1, 0.15) is 5.69 Å². The van der Waals surface area contributed by atoms with Gasteiger partial charge in [-0.2, -0.15) is 0 Å². The summed E-state index contributed by atoms with van der Waals surface area (Å²) in [7, 11) is 1.96. The largest absolute Gasteiger partial charge is 0.395 e. The van der Waals surface area contributed by atoms with Crippen LogP contribution in [0.4, 0.5) is 5.69 Å². The van der Waals surface area contributed by atoms with Gasteiger partial charge >= 0.3 is 0 Å². The molecule has 0 aliphatic carbocycles. The van der Waals surface area contributed by atoms with E-state index in [0.717, 1.165) is 33.8 Å². The van der Waals surface area contributed by atoms with Gasteiger partial charge in [-0.15, -0.1) is 0 Å². The van der Waals surface area contributed by atoms with E-state index < -0.39 is 0 Å². The number of β-amino-alcohol motifs (C(OH)–C–C–N with tert-alkyl or cyclic N) is 1.